The number of rotatable bonds is 2. The maximum absolute atomic E-state index is 5.96. The van der Waals surface area contributed by atoms with Gasteiger partial charge >= 0.3 is 0 Å². The Kier molecular flexibility index (Phi) is 2.71. The van der Waals surface area contributed by atoms with Crippen LogP contribution in [0.15, 0.2) is 48.5 Å². The molecule has 0 saturated heterocycles. The van der Waals surface area contributed by atoms with Crippen LogP contribution in [0.2, 0.25) is 0 Å². The Balaban J connectivity index is 2.17. The molecule has 0 amide bonds. The molecule has 0 aromatic heterocycles. The highest BCUT2D eigenvalue weighted by Gasteiger charge is 2.26. The smallest absolute Gasteiger partial charge is 0.151 e. The van der Waals surface area contributed by atoms with Crippen molar-refractivity contribution in [2.45, 2.75) is 26.3 Å². The molecule has 2 nitrogen and oxygen atoms in total. The molecule has 2 aromatic rings. The summed E-state index contributed by atoms with van der Waals surface area (Å²) in [4.78, 5) is 2.37. The van der Waals surface area contributed by atoms with E-state index in [0.717, 1.165) is 29.3 Å². The van der Waals surface area contributed by atoms with E-state index in [-0.39, 0.29) is 0 Å². The molecule has 2 aromatic carbocycles. The lowest BCUT2D eigenvalue weighted by molar-refractivity contribution is 0.466. The molecule has 0 aliphatic carbocycles. The minimum absolute atomic E-state index is 0.455. The van der Waals surface area contributed by atoms with Crippen LogP contribution >= 0.6 is 0 Å². The Morgan fingerprint density at radius 1 is 0.944 bits per heavy atom. The molecule has 1 unspecified atom stereocenters. The van der Waals surface area contributed by atoms with E-state index in [9.17, 15) is 0 Å². The number of para-hydroxylation sites is 4. The first-order valence-corrected chi connectivity index (χ1v) is 6.46. The molecule has 1 aliphatic heterocycles. The van der Waals surface area contributed by atoms with Crippen molar-refractivity contribution >= 4 is 11.4 Å². The summed E-state index contributed by atoms with van der Waals surface area (Å²) < 4.78 is 5.96. The van der Waals surface area contributed by atoms with Crippen molar-refractivity contribution in [2.75, 3.05) is 4.90 Å². The minimum Gasteiger partial charge on any atom is -0.453 e. The summed E-state index contributed by atoms with van der Waals surface area (Å²) >= 11 is 0. The van der Waals surface area contributed by atoms with Crippen LogP contribution in [0.25, 0.3) is 0 Å². The van der Waals surface area contributed by atoms with E-state index >= 15 is 0 Å². The van der Waals surface area contributed by atoms with Gasteiger partial charge in [-0.2, -0.15) is 0 Å². The number of ether oxygens (including phenoxy) is 1. The van der Waals surface area contributed by atoms with Crippen LogP contribution in [0, 0.1) is 0 Å². The predicted octanol–water partition coefficient (Wildman–Crippen LogP) is 4.73. The summed E-state index contributed by atoms with van der Waals surface area (Å²) in [6, 6.07) is 16.9. The first kappa shape index (κ1) is 11.1. The number of benzene rings is 2. The van der Waals surface area contributed by atoms with E-state index in [1.165, 1.54) is 0 Å². The summed E-state index contributed by atoms with van der Waals surface area (Å²) in [7, 11) is 0. The minimum atomic E-state index is 0.455. The van der Waals surface area contributed by atoms with E-state index in [4.69, 9.17) is 4.74 Å². The summed E-state index contributed by atoms with van der Waals surface area (Å²) in [6.45, 7) is 4.46. The summed E-state index contributed by atoms with van der Waals surface area (Å²) in [5.41, 5.74) is 2.32. The lowest BCUT2D eigenvalue weighted by Gasteiger charge is -2.36. The molecular weight excluding hydrogens is 222 g/mol. The fourth-order valence-electron chi connectivity index (χ4n) is 2.39. The first-order chi connectivity index (χ1) is 8.81. The molecule has 3 rings (SSSR count). The number of nitrogens with zero attached hydrogens (tertiary/aromatic N) is 1. The molecular formula is C16H17NO. The first-order valence-electron chi connectivity index (χ1n) is 6.46. The van der Waals surface area contributed by atoms with Gasteiger partial charge in [-0.3, -0.25) is 0 Å². The zero-order chi connectivity index (χ0) is 12.5. The number of hydrogen-bond acceptors (Lipinski definition) is 2. The SMILES string of the molecule is CCC(C)N1c2ccccc2Oc2ccccc21. The third kappa shape index (κ3) is 1.65. The van der Waals surface area contributed by atoms with E-state index in [1.54, 1.807) is 0 Å². The van der Waals surface area contributed by atoms with Crippen molar-refractivity contribution in [3.8, 4) is 11.5 Å². The van der Waals surface area contributed by atoms with Crippen molar-refractivity contribution in [2.24, 2.45) is 0 Å². The molecule has 0 radical (unpaired) electrons. The molecule has 2 heteroatoms. The van der Waals surface area contributed by atoms with Gasteiger partial charge in [-0.1, -0.05) is 31.2 Å². The molecule has 0 spiro atoms. The van der Waals surface area contributed by atoms with Crippen molar-refractivity contribution in [3.63, 3.8) is 0 Å². The van der Waals surface area contributed by atoms with Crippen LogP contribution in [0.5, 0.6) is 11.5 Å². The second-order valence-electron chi connectivity index (χ2n) is 4.66. The fraction of sp³-hybridized carbons (Fsp3) is 0.250. The fourth-order valence-corrected chi connectivity index (χ4v) is 2.39. The molecule has 1 atom stereocenters. The number of hydrogen-bond donors (Lipinski definition) is 0. The van der Waals surface area contributed by atoms with Gasteiger partial charge in [0.2, 0.25) is 0 Å². The second kappa shape index (κ2) is 4.37. The third-order valence-electron chi connectivity index (χ3n) is 3.50. The van der Waals surface area contributed by atoms with Gasteiger partial charge in [-0.05, 0) is 37.6 Å². The highest BCUT2D eigenvalue weighted by atomic mass is 16.5. The number of fused-ring (bicyclic) bond motifs is 2. The zero-order valence-corrected chi connectivity index (χ0v) is 10.8. The Morgan fingerprint density at radius 2 is 1.44 bits per heavy atom. The molecule has 0 bridgehead atoms. The highest BCUT2D eigenvalue weighted by Crippen LogP contribution is 2.47. The maximum Gasteiger partial charge on any atom is 0.151 e. The lowest BCUT2D eigenvalue weighted by atomic mass is 10.1. The normalized spacial score (nSPS) is 14.4. The van der Waals surface area contributed by atoms with Crippen molar-refractivity contribution < 1.29 is 4.74 Å². The van der Waals surface area contributed by atoms with Crippen LogP contribution in [-0.4, -0.2) is 6.04 Å². The summed E-state index contributed by atoms with van der Waals surface area (Å²) in [6.07, 6.45) is 1.10. The molecule has 1 heterocycles. The third-order valence-corrected chi connectivity index (χ3v) is 3.50. The summed E-state index contributed by atoms with van der Waals surface area (Å²) in [5.74, 6) is 1.88. The zero-order valence-electron chi connectivity index (χ0n) is 10.8. The van der Waals surface area contributed by atoms with Gasteiger partial charge in [0.15, 0.2) is 11.5 Å². The molecule has 18 heavy (non-hydrogen) atoms. The van der Waals surface area contributed by atoms with E-state index < -0.39 is 0 Å². The van der Waals surface area contributed by atoms with Crippen molar-refractivity contribution in [3.05, 3.63) is 48.5 Å². The van der Waals surface area contributed by atoms with Crippen LogP contribution in [0.3, 0.4) is 0 Å². The predicted molar refractivity (Wildman–Crippen MR) is 74.9 cm³/mol. The van der Waals surface area contributed by atoms with E-state index in [0.29, 0.717) is 6.04 Å². The van der Waals surface area contributed by atoms with Gasteiger partial charge in [-0.15, -0.1) is 0 Å². The standard InChI is InChI=1S/C16H17NO/c1-3-12(2)17-13-8-4-6-10-15(13)18-16-11-7-5-9-14(16)17/h4-12H,3H2,1-2H3. The largest absolute Gasteiger partial charge is 0.453 e. The monoisotopic (exact) mass is 239 g/mol. The molecule has 0 N–H and O–H groups in total. The van der Waals surface area contributed by atoms with Crippen molar-refractivity contribution in [1.29, 1.82) is 0 Å². The molecule has 92 valence electrons. The molecule has 0 saturated carbocycles. The van der Waals surface area contributed by atoms with E-state index in [1.807, 2.05) is 24.3 Å². The van der Waals surface area contributed by atoms with Crippen LogP contribution in [-0.2, 0) is 0 Å². The molecule has 1 aliphatic rings. The van der Waals surface area contributed by atoms with Gasteiger partial charge in [0.25, 0.3) is 0 Å². The Hall–Kier alpha value is -1.96. The maximum atomic E-state index is 5.96. The number of anilines is 2. The van der Waals surface area contributed by atoms with Gasteiger partial charge in [0, 0.05) is 6.04 Å². The van der Waals surface area contributed by atoms with Gasteiger partial charge in [0.05, 0.1) is 11.4 Å². The van der Waals surface area contributed by atoms with Crippen LogP contribution in [0.1, 0.15) is 20.3 Å². The van der Waals surface area contributed by atoms with Crippen LogP contribution < -0.4 is 9.64 Å². The van der Waals surface area contributed by atoms with Crippen molar-refractivity contribution in [1.82, 2.24) is 0 Å². The molecule has 0 fully saturated rings. The van der Waals surface area contributed by atoms with Gasteiger partial charge in [-0.25, -0.2) is 0 Å². The van der Waals surface area contributed by atoms with E-state index in [2.05, 4.69) is 43.0 Å². The van der Waals surface area contributed by atoms with Gasteiger partial charge in [0.1, 0.15) is 0 Å². The second-order valence-corrected chi connectivity index (χ2v) is 4.66. The topological polar surface area (TPSA) is 12.5 Å². The Bertz CT molecular complexity index is 519. The Morgan fingerprint density at radius 3 is 1.94 bits per heavy atom. The van der Waals surface area contributed by atoms with Gasteiger partial charge < -0.3 is 9.64 Å². The summed E-state index contributed by atoms with van der Waals surface area (Å²) in [5, 5.41) is 0. The Labute approximate surface area is 108 Å². The lowest BCUT2D eigenvalue weighted by Crippen LogP contribution is -2.30. The quantitative estimate of drug-likeness (QED) is 0.751. The average Bonchev–Trinajstić information content (AvgIpc) is 2.44. The highest BCUT2D eigenvalue weighted by molar-refractivity contribution is 5.78. The van der Waals surface area contributed by atoms with Crippen LogP contribution in [0.4, 0.5) is 11.4 Å². The average molecular weight is 239 g/mol.